The maximum atomic E-state index is 14.0. The molecular weight excluding hydrogens is 321 g/mol. The maximum absolute atomic E-state index is 14.0. The minimum atomic E-state index is -0.649. The number of halogens is 1. The van der Waals surface area contributed by atoms with Gasteiger partial charge in [0.1, 0.15) is 5.78 Å². The molecule has 0 radical (unpaired) electrons. The van der Waals surface area contributed by atoms with Crippen LogP contribution in [0.2, 0.25) is 0 Å². The Balaban J connectivity index is 1.57. The third-order valence-corrected chi connectivity index (χ3v) is 5.39. The van der Waals surface area contributed by atoms with Crippen molar-refractivity contribution < 1.29 is 19.0 Å². The highest BCUT2D eigenvalue weighted by atomic mass is 19.1. The van der Waals surface area contributed by atoms with E-state index in [2.05, 4.69) is 25.7 Å². The smallest absolute Gasteiger partial charge is 0.206 e. The third kappa shape index (κ3) is 3.81. The summed E-state index contributed by atoms with van der Waals surface area (Å²) in [4.78, 5) is 14.4. The number of likely N-dealkylation sites (tertiary alicyclic amines) is 1. The van der Waals surface area contributed by atoms with E-state index in [4.69, 9.17) is 4.74 Å². The van der Waals surface area contributed by atoms with Gasteiger partial charge in [-0.3, -0.25) is 4.79 Å². The zero-order chi connectivity index (χ0) is 18.2. The summed E-state index contributed by atoms with van der Waals surface area (Å²) in [6.07, 6.45) is 2.99. The predicted molar refractivity (Wildman–Crippen MR) is 94.6 cm³/mol. The normalized spacial score (nSPS) is 19.7. The summed E-state index contributed by atoms with van der Waals surface area (Å²) in [5, 5.41) is 9.52. The second kappa shape index (κ2) is 6.60. The monoisotopic (exact) mass is 349 g/mol. The van der Waals surface area contributed by atoms with Crippen molar-refractivity contribution in [3.05, 3.63) is 23.5 Å². The van der Waals surface area contributed by atoms with Crippen molar-refractivity contribution in [1.29, 1.82) is 0 Å². The van der Waals surface area contributed by atoms with Gasteiger partial charge in [-0.1, -0.05) is 26.8 Å². The zero-order valence-corrected chi connectivity index (χ0v) is 15.4. The SMILES string of the molecule is CC(C)(C)CC(=O)CCN1CCC2(CC1)COc1c2ccc(O)c1F. The Bertz CT molecular complexity index is 658. The van der Waals surface area contributed by atoms with Crippen LogP contribution in [0.25, 0.3) is 0 Å². The summed E-state index contributed by atoms with van der Waals surface area (Å²) in [7, 11) is 0. The van der Waals surface area contributed by atoms with Crippen molar-refractivity contribution in [2.24, 2.45) is 5.41 Å². The molecule has 1 spiro atoms. The molecule has 2 aliphatic rings. The number of ether oxygens (including phenoxy) is 1. The molecule has 0 amide bonds. The van der Waals surface area contributed by atoms with Gasteiger partial charge in [0.15, 0.2) is 11.5 Å². The number of ketones is 1. The molecule has 0 aliphatic carbocycles. The molecule has 1 saturated heterocycles. The van der Waals surface area contributed by atoms with Gasteiger partial charge in [0.25, 0.3) is 0 Å². The van der Waals surface area contributed by atoms with Gasteiger partial charge in [0.05, 0.1) is 6.61 Å². The number of phenolic OH excluding ortho intramolecular Hbond substituents is 1. The fraction of sp³-hybridized carbons (Fsp3) is 0.650. The van der Waals surface area contributed by atoms with E-state index in [1.165, 1.54) is 6.07 Å². The van der Waals surface area contributed by atoms with Crippen molar-refractivity contribution in [3.8, 4) is 11.5 Å². The Labute approximate surface area is 149 Å². The summed E-state index contributed by atoms with van der Waals surface area (Å²) in [5.41, 5.74) is 0.769. The van der Waals surface area contributed by atoms with Crippen molar-refractivity contribution >= 4 is 5.78 Å². The number of benzene rings is 1. The zero-order valence-electron chi connectivity index (χ0n) is 15.4. The number of piperidine rings is 1. The standard InChI is InChI=1S/C20H28FNO3/c1-19(2,3)12-14(23)6-9-22-10-7-20(8-11-22)13-25-18-15(20)4-5-16(24)17(18)21/h4-5,24H,6-13H2,1-3H3. The van der Waals surface area contributed by atoms with Gasteiger partial charge in [-0.05, 0) is 37.4 Å². The third-order valence-electron chi connectivity index (χ3n) is 5.39. The molecule has 0 bridgehead atoms. The van der Waals surface area contributed by atoms with Crippen LogP contribution in [-0.2, 0) is 10.2 Å². The number of phenols is 1. The molecule has 0 unspecified atom stereocenters. The number of hydrogen-bond acceptors (Lipinski definition) is 4. The van der Waals surface area contributed by atoms with Crippen molar-refractivity contribution in [3.63, 3.8) is 0 Å². The van der Waals surface area contributed by atoms with E-state index in [0.717, 1.165) is 38.0 Å². The predicted octanol–water partition coefficient (Wildman–Crippen LogP) is 3.65. The summed E-state index contributed by atoms with van der Waals surface area (Å²) >= 11 is 0. The van der Waals surface area contributed by atoms with Crippen molar-refractivity contribution in [2.45, 2.75) is 51.9 Å². The number of nitrogens with zero attached hydrogens (tertiary/aromatic N) is 1. The first-order valence-electron chi connectivity index (χ1n) is 9.09. The van der Waals surface area contributed by atoms with Crippen LogP contribution in [0.15, 0.2) is 12.1 Å². The van der Waals surface area contributed by atoms with Crippen LogP contribution >= 0.6 is 0 Å². The van der Waals surface area contributed by atoms with Crippen LogP contribution in [0.1, 0.15) is 52.0 Å². The van der Waals surface area contributed by atoms with Gasteiger partial charge in [-0.2, -0.15) is 4.39 Å². The minimum Gasteiger partial charge on any atom is -0.505 e. The van der Waals surface area contributed by atoms with Crippen LogP contribution in [0.4, 0.5) is 4.39 Å². The Morgan fingerprint density at radius 3 is 2.64 bits per heavy atom. The Morgan fingerprint density at radius 2 is 2.00 bits per heavy atom. The molecular formula is C20H28FNO3. The summed E-state index contributed by atoms with van der Waals surface area (Å²) in [5.74, 6) is -0.469. The average Bonchev–Trinajstić information content (AvgIpc) is 2.88. The first kappa shape index (κ1) is 18.2. The van der Waals surface area contributed by atoms with Gasteiger partial charge < -0.3 is 14.7 Å². The molecule has 1 aromatic carbocycles. The largest absolute Gasteiger partial charge is 0.505 e. The molecule has 0 atom stereocenters. The lowest BCUT2D eigenvalue weighted by molar-refractivity contribution is -0.121. The Morgan fingerprint density at radius 1 is 1.32 bits per heavy atom. The molecule has 1 aromatic rings. The molecule has 25 heavy (non-hydrogen) atoms. The molecule has 138 valence electrons. The lowest BCUT2D eigenvalue weighted by atomic mass is 9.74. The molecule has 1 fully saturated rings. The fourth-order valence-electron chi connectivity index (χ4n) is 3.97. The lowest BCUT2D eigenvalue weighted by Gasteiger charge is -2.38. The number of aromatic hydroxyl groups is 1. The van der Waals surface area contributed by atoms with Crippen LogP contribution < -0.4 is 4.74 Å². The van der Waals surface area contributed by atoms with Crippen molar-refractivity contribution in [1.82, 2.24) is 4.90 Å². The second-order valence-electron chi connectivity index (χ2n) is 8.71. The first-order chi connectivity index (χ1) is 11.7. The van der Waals surface area contributed by atoms with E-state index in [1.807, 2.05) is 0 Å². The number of carbonyl (C=O) groups is 1. The number of fused-ring (bicyclic) bond motifs is 2. The van der Waals surface area contributed by atoms with E-state index in [0.29, 0.717) is 25.2 Å². The van der Waals surface area contributed by atoms with Crippen LogP contribution in [0.5, 0.6) is 11.5 Å². The molecule has 4 nitrogen and oxygen atoms in total. The highest BCUT2D eigenvalue weighted by Crippen LogP contribution is 2.48. The number of carbonyl (C=O) groups excluding carboxylic acids is 1. The fourth-order valence-corrected chi connectivity index (χ4v) is 3.97. The van der Waals surface area contributed by atoms with Crippen LogP contribution in [0.3, 0.4) is 0 Å². The quantitative estimate of drug-likeness (QED) is 0.901. The molecule has 2 aliphatic heterocycles. The van der Waals surface area contributed by atoms with Crippen LogP contribution in [0, 0.1) is 11.2 Å². The van der Waals surface area contributed by atoms with E-state index < -0.39 is 5.82 Å². The second-order valence-corrected chi connectivity index (χ2v) is 8.71. The number of Topliss-reactive ketones (excluding diaryl/α,β-unsaturated/α-hetero) is 1. The molecule has 1 N–H and O–H groups in total. The van der Waals surface area contributed by atoms with E-state index >= 15 is 0 Å². The van der Waals surface area contributed by atoms with E-state index in [1.54, 1.807) is 6.07 Å². The summed E-state index contributed by atoms with van der Waals surface area (Å²) in [6.45, 7) is 9.29. The number of hydrogen-bond donors (Lipinski definition) is 1. The molecule has 0 saturated carbocycles. The first-order valence-corrected chi connectivity index (χ1v) is 9.09. The number of rotatable bonds is 4. The summed E-state index contributed by atoms with van der Waals surface area (Å²) in [6, 6.07) is 3.21. The highest BCUT2D eigenvalue weighted by Gasteiger charge is 2.44. The lowest BCUT2D eigenvalue weighted by Crippen LogP contribution is -2.44. The van der Waals surface area contributed by atoms with Gasteiger partial charge in [0.2, 0.25) is 5.82 Å². The summed E-state index contributed by atoms with van der Waals surface area (Å²) < 4.78 is 19.6. The van der Waals surface area contributed by atoms with Crippen molar-refractivity contribution in [2.75, 3.05) is 26.2 Å². The highest BCUT2D eigenvalue weighted by molar-refractivity contribution is 5.79. The van der Waals surface area contributed by atoms with Gasteiger partial charge >= 0.3 is 0 Å². The molecule has 5 heteroatoms. The van der Waals surface area contributed by atoms with E-state index in [9.17, 15) is 14.3 Å². The van der Waals surface area contributed by atoms with Gasteiger partial charge in [-0.15, -0.1) is 0 Å². The van der Waals surface area contributed by atoms with Gasteiger partial charge in [-0.25, -0.2) is 0 Å². The Hall–Kier alpha value is -1.62. The Kier molecular flexibility index (Phi) is 4.80. The topological polar surface area (TPSA) is 49.8 Å². The van der Waals surface area contributed by atoms with E-state index in [-0.39, 0.29) is 22.3 Å². The van der Waals surface area contributed by atoms with Crippen LogP contribution in [-0.4, -0.2) is 42.0 Å². The molecule has 2 heterocycles. The van der Waals surface area contributed by atoms with Gasteiger partial charge in [0, 0.05) is 30.4 Å². The minimum absolute atomic E-state index is 0.0452. The molecule has 3 rings (SSSR count). The maximum Gasteiger partial charge on any atom is 0.206 e. The molecule has 0 aromatic heterocycles. The average molecular weight is 349 g/mol.